The van der Waals surface area contributed by atoms with E-state index in [4.69, 9.17) is 0 Å². The average molecular weight is 437 g/mol. The van der Waals surface area contributed by atoms with E-state index in [1.807, 2.05) is 0 Å². The molecule has 0 aliphatic heterocycles. The Labute approximate surface area is 175 Å². The number of aromatic nitrogens is 5. The average Bonchev–Trinajstić information content (AvgIpc) is 3.28. The number of amides is 2. The minimum atomic E-state index is -4.70. The number of anilines is 1. The topological polar surface area (TPSA) is 106 Å². The van der Waals surface area contributed by atoms with Gasteiger partial charge in [0.25, 0.3) is 11.8 Å². The lowest BCUT2D eigenvalue weighted by molar-refractivity contribution is -0.142. The molecule has 0 spiro atoms. The van der Waals surface area contributed by atoms with E-state index in [-0.39, 0.29) is 28.4 Å². The van der Waals surface area contributed by atoms with Crippen LogP contribution in [0.4, 0.5) is 18.9 Å². The second-order valence-electron chi connectivity index (χ2n) is 7.85. The minimum Gasteiger partial charge on any atom is -0.354 e. The zero-order valence-corrected chi connectivity index (χ0v) is 17.6. The Morgan fingerprint density at radius 2 is 1.77 bits per heavy atom. The van der Waals surface area contributed by atoms with Crippen molar-refractivity contribution in [2.24, 2.45) is 0 Å². The lowest BCUT2D eigenvalue weighted by Crippen LogP contribution is -2.22. The lowest BCUT2D eigenvalue weighted by Gasteiger charge is -2.19. The van der Waals surface area contributed by atoms with Gasteiger partial charge < -0.3 is 10.6 Å². The van der Waals surface area contributed by atoms with Gasteiger partial charge in [-0.3, -0.25) is 14.3 Å². The number of halogens is 3. The summed E-state index contributed by atoms with van der Waals surface area (Å²) in [6, 6.07) is 2.10. The molecule has 31 heavy (non-hydrogen) atoms. The van der Waals surface area contributed by atoms with E-state index < -0.39 is 29.1 Å². The van der Waals surface area contributed by atoms with Crippen LogP contribution in [0, 0.1) is 0 Å². The summed E-state index contributed by atoms with van der Waals surface area (Å²) in [4.78, 5) is 29.0. The maximum absolute atomic E-state index is 13.6. The van der Waals surface area contributed by atoms with Crippen molar-refractivity contribution in [1.82, 2.24) is 29.7 Å². The largest absolute Gasteiger partial charge is 0.433 e. The molecular formula is C19H22F3N7O2. The van der Waals surface area contributed by atoms with Gasteiger partial charge >= 0.3 is 6.18 Å². The highest BCUT2D eigenvalue weighted by Crippen LogP contribution is 2.32. The fraction of sp³-hybridized carbons (Fsp3) is 0.421. The van der Waals surface area contributed by atoms with E-state index in [2.05, 4.69) is 25.8 Å². The van der Waals surface area contributed by atoms with Gasteiger partial charge in [-0.1, -0.05) is 20.8 Å². The molecule has 2 N–H and O–H groups in total. The summed E-state index contributed by atoms with van der Waals surface area (Å²) in [5, 5.41) is 12.8. The predicted molar refractivity (Wildman–Crippen MR) is 106 cm³/mol. The van der Waals surface area contributed by atoms with Crippen molar-refractivity contribution in [2.45, 2.75) is 45.8 Å². The van der Waals surface area contributed by atoms with Gasteiger partial charge in [-0.15, -0.1) is 0 Å². The van der Waals surface area contributed by atoms with E-state index in [1.54, 1.807) is 27.7 Å². The van der Waals surface area contributed by atoms with E-state index in [1.165, 1.54) is 24.0 Å². The highest BCUT2D eigenvalue weighted by molar-refractivity contribution is 6.07. The SMILES string of the molecule is CCn1cc(NC(=O)c2cc3nc(C(C)(C)C)cc(C(F)(F)F)n3n2)c(C(=O)NC)n1. The number of alkyl halides is 3. The quantitative estimate of drug-likeness (QED) is 0.653. The van der Waals surface area contributed by atoms with E-state index >= 15 is 0 Å². The number of hydrogen-bond acceptors (Lipinski definition) is 5. The molecule has 0 unspecified atom stereocenters. The Morgan fingerprint density at radius 1 is 1.10 bits per heavy atom. The van der Waals surface area contributed by atoms with Crippen LogP contribution in [0.15, 0.2) is 18.3 Å². The smallest absolute Gasteiger partial charge is 0.354 e. The number of carbonyl (C=O) groups excluding carboxylic acids is 2. The molecule has 2 amide bonds. The van der Waals surface area contributed by atoms with Crippen molar-refractivity contribution >= 4 is 23.1 Å². The second kappa shape index (κ2) is 7.67. The van der Waals surface area contributed by atoms with Crippen molar-refractivity contribution in [3.8, 4) is 0 Å². The highest BCUT2D eigenvalue weighted by atomic mass is 19.4. The number of aryl methyl sites for hydroxylation is 1. The van der Waals surface area contributed by atoms with Crippen LogP contribution in [0.5, 0.6) is 0 Å². The van der Waals surface area contributed by atoms with Gasteiger partial charge in [-0.25, -0.2) is 9.50 Å². The fourth-order valence-electron chi connectivity index (χ4n) is 2.82. The Bertz CT molecular complexity index is 1160. The maximum atomic E-state index is 13.6. The number of hydrogen-bond donors (Lipinski definition) is 2. The summed E-state index contributed by atoms with van der Waals surface area (Å²) >= 11 is 0. The van der Waals surface area contributed by atoms with Crippen LogP contribution in [0.25, 0.3) is 5.65 Å². The van der Waals surface area contributed by atoms with Gasteiger partial charge in [-0.05, 0) is 13.0 Å². The summed E-state index contributed by atoms with van der Waals surface area (Å²) < 4.78 is 42.9. The monoisotopic (exact) mass is 437 g/mol. The first kappa shape index (κ1) is 22.2. The molecule has 0 atom stereocenters. The minimum absolute atomic E-state index is 0.0226. The molecule has 0 saturated heterocycles. The Balaban J connectivity index is 2.05. The number of carbonyl (C=O) groups is 2. The van der Waals surface area contributed by atoms with Gasteiger partial charge in [0.1, 0.15) is 5.69 Å². The van der Waals surface area contributed by atoms with Gasteiger partial charge in [0.2, 0.25) is 0 Å². The predicted octanol–water partition coefficient (Wildman–Crippen LogP) is 2.87. The molecule has 3 heterocycles. The summed E-state index contributed by atoms with van der Waals surface area (Å²) in [5.41, 5.74) is -1.77. The first-order valence-electron chi connectivity index (χ1n) is 9.44. The van der Waals surface area contributed by atoms with Crippen LogP contribution in [0.2, 0.25) is 0 Å². The molecule has 12 heteroatoms. The maximum Gasteiger partial charge on any atom is 0.433 e. The Kier molecular flexibility index (Phi) is 5.51. The molecule has 3 rings (SSSR count). The molecule has 0 aromatic carbocycles. The second-order valence-corrected chi connectivity index (χ2v) is 7.85. The third kappa shape index (κ3) is 4.37. The van der Waals surface area contributed by atoms with Crippen molar-refractivity contribution < 1.29 is 22.8 Å². The number of nitrogens with one attached hydrogen (secondary N) is 2. The van der Waals surface area contributed by atoms with Crippen LogP contribution in [0.1, 0.15) is 60.1 Å². The zero-order chi connectivity index (χ0) is 23.1. The Morgan fingerprint density at radius 3 is 2.32 bits per heavy atom. The van der Waals surface area contributed by atoms with Crippen LogP contribution in [0.3, 0.4) is 0 Å². The number of fused-ring (bicyclic) bond motifs is 1. The van der Waals surface area contributed by atoms with Crippen molar-refractivity contribution in [2.75, 3.05) is 12.4 Å². The van der Waals surface area contributed by atoms with Crippen LogP contribution in [-0.2, 0) is 18.1 Å². The van der Waals surface area contributed by atoms with Gasteiger partial charge in [0, 0.05) is 31.3 Å². The fourth-order valence-corrected chi connectivity index (χ4v) is 2.82. The molecule has 3 aromatic heterocycles. The summed E-state index contributed by atoms with van der Waals surface area (Å²) in [5.74, 6) is -1.31. The van der Waals surface area contributed by atoms with E-state index in [9.17, 15) is 22.8 Å². The molecule has 0 radical (unpaired) electrons. The first-order chi connectivity index (χ1) is 14.3. The molecular weight excluding hydrogens is 415 g/mol. The number of rotatable bonds is 4. The normalized spacial score (nSPS) is 12.3. The third-order valence-electron chi connectivity index (χ3n) is 4.49. The van der Waals surface area contributed by atoms with Crippen LogP contribution < -0.4 is 10.6 Å². The summed E-state index contributed by atoms with van der Waals surface area (Å²) in [6.07, 6.45) is -3.25. The molecule has 9 nitrogen and oxygen atoms in total. The van der Waals surface area contributed by atoms with Crippen LogP contribution >= 0.6 is 0 Å². The molecule has 0 bridgehead atoms. The molecule has 166 valence electrons. The van der Waals surface area contributed by atoms with E-state index in [0.717, 1.165) is 6.07 Å². The van der Waals surface area contributed by atoms with Gasteiger partial charge in [-0.2, -0.15) is 23.4 Å². The molecule has 0 aliphatic rings. The van der Waals surface area contributed by atoms with Crippen molar-refractivity contribution in [1.29, 1.82) is 0 Å². The molecule has 0 fully saturated rings. The first-order valence-corrected chi connectivity index (χ1v) is 9.44. The van der Waals surface area contributed by atoms with Crippen molar-refractivity contribution in [3.63, 3.8) is 0 Å². The Hall–Kier alpha value is -3.44. The van der Waals surface area contributed by atoms with E-state index in [0.29, 0.717) is 11.1 Å². The van der Waals surface area contributed by atoms with Crippen molar-refractivity contribution in [3.05, 3.63) is 41.1 Å². The van der Waals surface area contributed by atoms with Gasteiger partial charge in [0.15, 0.2) is 17.0 Å². The number of nitrogens with zero attached hydrogens (tertiary/aromatic N) is 5. The highest BCUT2D eigenvalue weighted by Gasteiger charge is 2.36. The molecule has 0 aliphatic carbocycles. The zero-order valence-electron chi connectivity index (χ0n) is 17.6. The standard InChI is InChI=1S/C19H22F3N7O2/c1-6-28-9-11(15(27-28)17(31)23-5)24-16(30)10-7-14-25-12(18(2,3)4)8-13(19(20,21)22)29(14)26-10/h7-9H,6H2,1-5H3,(H,23,31)(H,24,30). The molecule has 3 aromatic rings. The summed E-state index contributed by atoms with van der Waals surface area (Å²) in [7, 11) is 1.41. The molecule has 0 saturated carbocycles. The van der Waals surface area contributed by atoms with Gasteiger partial charge in [0.05, 0.1) is 11.4 Å². The van der Waals surface area contributed by atoms with Crippen LogP contribution in [-0.4, -0.2) is 43.2 Å². The summed E-state index contributed by atoms with van der Waals surface area (Å²) in [6.45, 7) is 7.46. The lowest BCUT2D eigenvalue weighted by atomic mass is 9.91. The third-order valence-corrected chi connectivity index (χ3v) is 4.49.